The molecule has 228 valence electrons. The molecule has 0 bridgehead atoms. The predicted octanol–water partition coefficient (Wildman–Crippen LogP) is 3.76. The van der Waals surface area contributed by atoms with Gasteiger partial charge in [0, 0.05) is 30.3 Å². The van der Waals surface area contributed by atoms with E-state index in [4.69, 9.17) is 0 Å². The summed E-state index contributed by atoms with van der Waals surface area (Å²) in [7, 11) is -7.12. The van der Waals surface area contributed by atoms with Crippen molar-refractivity contribution in [2.75, 3.05) is 32.4 Å². The molecule has 1 saturated heterocycles. The van der Waals surface area contributed by atoms with Crippen LogP contribution in [-0.2, 0) is 19.9 Å². The molecule has 1 aromatic heterocycles. The number of hydrogen-bond acceptors (Lipinski definition) is 8. The van der Waals surface area contributed by atoms with E-state index in [0.29, 0.717) is 36.5 Å². The second-order valence-corrected chi connectivity index (χ2v) is 14.6. The van der Waals surface area contributed by atoms with Gasteiger partial charge in [0.2, 0.25) is 15.8 Å². The number of nitrogens with zero attached hydrogens (tertiary/aromatic N) is 4. The van der Waals surface area contributed by atoms with Gasteiger partial charge in [0.1, 0.15) is 11.6 Å². The van der Waals surface area contributed by atoms with Crippen molar-refractivity contribution in [3.8, 4) is 11.4 Å². The first-order valence-corrected chi connectivity index (χ1v) is 17.2. The van der Waals surface area contributed by atoms with Crippen LogP contribution in [0, 0.1) is 17.6 Å². The van der Waals surface area contributed by atoms with E-state index in [1.807, 2.05) is 0 Å². The number of aromatic nitrogens is 4. The first-order chi connectivity index (χ1) is 20.5. The third kappa shape index (κ3) is 7.88. The average Bonchev–Trinajstić information content (AvgIpc) is 3.52. The Morgan fingerprint density at radius 1 is 0.930 bits per heavy atom. The summed E-state index contributed by atoms with van der Waals surface area (Å²) in [5.41, 5.74) is 1.79. The summed E-state index contributed by atoms with van der Waals surface area (Å²) >= 11 is 0. The van der Waals surface area contributed by atoms with Gasteiger partial charge in [-0.1, -0.05) is 24.3 Å². The van der Waals surface area contributed by atoms with E-state index in [9.17, 15) is 25.6 Å². The summed E-state index contributed by atoms with van der Waals surface area (Å²) in [6, 6.07) is 16.2. The van der Waals surface area contributed by atoms with E-state index in [-0.39, 0.29) is 21.6 Å². The van der Waals surface area contributed by atoms with E-state index in [1.54, 1.807) is 24.3 Å². The van der Waals surface area contributed by atoms with Gasteiger partial charge in [0.15, 0.2) is 9.84 Å². The molecule has 1 fully saturated rings. The molecule has 43 heavy (non-hydrogen) atoms. The maximum Gasteiger partial charge on any atom is 0.240 e. The fourth-order valence-electron chi connectivity index (χ4n) is 5.37. The Hall–Kier alpha value is -3.59. The summed E-state index contributed by atoms with van der Waals surface area (Å²) in [4.78, 5) is 2.56. The van der Waals surface area contributed by atoms with Crippen LogP contribution in [0.25, 0.3) is 11.4 Å². The van der Waals surface area contributed by atoms with Crippen molar-refractivity contribution in [2.24, 2.45) is 5.92 Å². The third-order valence-corrected chi connectivity index (χ3v) is 10.3. The van der Waals surface area contributed by atoms with Gasteiger partial charge in [-0.2, -0.15) is 5.21 Å². The van der Waals surface area contributed by atoms with E-state index in [1.165, 1.54) is 36.4 Å². The van der Waals surface area contributed by atoms with Crippen molar-refractivity contribution in [1.82, 2.24) is 30.2 Å². The number of halogens is 2. The van der Waals surface area contributed by atoms with Gasteiger partial charge in [0.25, 0.3) is 0 Å². The Labute approximate surface area is 249 Å². The molecule has 14 heteroatoms. The zero-order valence-corrected chi connectivity index (χ0v) is 25.1. The van der Waals surface area contributed by atoms with Gasteiger partial charge in [-0.25, -0.2) is 30.3 Å². The van der Waals surface area contributed by atoms with Crippen molar-refractivity contribution in [2.45, 2.75) is 35.0 Å². The van der Waals surface area contributed by atoms with Crippen LogP contribution in [0.1, 0.15) is 36.3 Å². The first kappa shape index (κ1) is 30.9. The number of tetrazole rings is 1. The minimum absolute atomic E-state index is 0.122. The van der Waals surface area contributed by atoms with Crippen molar-refractivity contribution in [3.05, 3.63) is 89.5 Å². The third-order valence-electron chi connectivity index (χ3n) is 7.75. The Bertz CT molecular complexity index is 1740. The molecule has 1 aliphatic heterocycles. The molecule has 0 amide bonds. The molecule has 1 aliphatic rings. The van der Waals surface area contributed by atoms with Crippen LogP contribution in [0.5, 0.6) is 0 Å². The summed E-state index contributed by atoms with van der Waals surface area (Å²) in [5.74, 6) is -1.22. The number of H-pyrrole nitrogens is 1. The quantitative estimate of drug-likeness (QED) is 0.256. The number of nitrogens with one attached hydrogen (secondary N) is 2. The normalized spacial score (nSPS) is 15.9. The highest BCUT2D eigenvalue weighted by Gasteiger charge is 2.24. The molecular formula is C29H32F2N6O4S2. The summed E-state index contributed by atoms with van der Waals surface area (Å²) in [5, 5.41) is 13.6. The molecule has 5 rings (SSSR count). The lowest BCUT2D eigenvalue weighted by Gasteiger charge is -2.33. The topological polar surface area (TPSA) is 138 Å². The Morgan fingerprint density at radius 3 is 2.26 bits per heavy atom. The SMILES string of the molecule is CS(=O)(=O)c1ccc(C(CCN2CCC(CNS(=O)(=O)c3cccc(-c4nn[nH]n4)c3)CC2)c2cc(F)cc(F)c2)cc1. The summed E-state index contributed by atoms with van der Waals surface area (Å²) in [6.07, 6.45) is 3.27. The van der Waals surface area contributed by atoms with E-state index >= 15 is 0 Å². The molecule has 2 heterocycles. The lowest BCUT2D eigenvalue weighted by molar-refractivity contribution is 0.182. The Morgan fingerprint density at radius 2 is 1.63 bits per heavy atom. The van der Waals surface area contributed by atoms with Gasteiger partial charge >= 0.3 is 0 Å². The number of rotatable bonds is 11. The number of hydrogen-bond donors (Lipinski definition) is 2. The number of sulfonamides is 1. The summed E-state index contributed by atoms with van der Waals surface area (Å²) in [6.45, 7) is 2.45. The highest BCUT2D eigenvalue weighted by molar-refractivity contribution is 7.90. The molecule has 0 spiro atoms. The second kappa shape index (κ2) is 13.0. The fourth-order valence-corrected chi connectivity index (χ4v) is 7.16. The van der Waals surface area contributed by atoms with Gasteiger partial charge in [0.05, 0.1) is 9.79 Å². The molecule has 1 atom stereocenters. The van der Waals surface area contributed by atoms with Crippen molar-refractivity contribution in [3.63, 3.8) is 0 Å². The highest BCUT2D eigenvalue weighted by atomic mass is 32.2. The van der Waals surface area contributed by atoms with Crippen LogP contribution in [0.3, 0.4) is 0 Å². The van der Waals surface area contributed by atoms with Gasteiger partial charge in [-0.3, -0.25) is 0 Å². The van der Waals surface area contributed by atoms with Gasteiger partial charge in [-0.15, -0.1) is 10.2 Å². The molecule has 3 aromatic carbocycles. The van der Waals surface area contributed by atoms with Crippen LogP contribution in [-0.4, -0.2) is 74.8 Å². The minimum Gasteiger partial charge on any atom is -0.303 e. The molecule has 1 unspecified atom stereocenters. The Balaban J connectivity index is 1.18. The van der Waals surface area contributed by atoms with Crippen molar-refractivity contribution < 1.29 is 25.6 Å². The zero-order valence-electron chi connectivity index (χ0n) is 23.4. The number of benzene rings is 3. The smallest absolute Gasteiger partial charge is 0.240 e. The number of likely N-dealkylation sites (tertiary alicyclic amines) is 1. The predicted molar refractivity (Wildman–Crippen MR) is 156 cm³/mol. The van der Waals surface area contributed by atoms with E-state index in [0.717, 1.165) is 43.8 Å². The molecule has 0 saturated carbocycles. The van der Waals surface area contributed by atoms with Crippen LogP contribution < -0.4 is 4.72 Å². The highest BCUT2D eigenvalue weighted by Crippen LogP contribution is 2.31. The van der Waals surface area contributed by atoms with Crippen LogP contribution in [0.15, 0.2) is 76.5 Å². The number of piperidine rings is 1. The fraction of sp³-hybridized carbons (Fsp3) is 0.345. The number of sulfone groups is 1. The van der Waals surface area contributed by atoms with Gasteiger partial charge in [-0.05, 0) is 97.6 Å². The lowest BCUT2D eigenvalue weighted by atomic mass is 9.87. The largest absolute Gasteiger partial charge is 0.303 e. The standard InChI is InChI=1S/C29H32F2N6O4S2/c1-42(38,39)26-7-5-21(6-8-26)28(23-15-24(30)18-25(31)16-23)11-14-37-12-9-20(10-13-37)19-32-43(40,41)27-4-2-3-22(17-27)29-33-35-36-34-29/h2-8,15-18,20,28,32H,9-14,19H2,1H3,(H,33,34,35,36). The molecular weight excluding hydrogens is 598 g/mol. The maximum absolute atomic E-state index is 14.1. The molecule has 10 nitrogen and oxygen atoms in total. The first-order valence-electron chi connectivity index (χ1n) is 13.8. The molecule has 0 radical (unpaired) electrons. The minimum atomic E-state index is -3.74. The van der Waals surface area contributed by atoms with E-state index in [2.05, 4.69) is 30.2 Å². The summed E-state index contributed by atoms with van der Waals surface area (Å²) < 4.78 is 80.7. The molecule has 2 N–H and O–H groups in total. The maximum atomic E-state index is 14.1. The van der Waals surface area contributed by atoms with Gasteiger partial charge < -0.3 is 4.90 Å². The van der Waals surface area contributed by atoms with Crippen LogP contribution in [0.4, 0.5) is 8.78 Å². The van der Waals surface area contributed by atoms with Crippen LogP contribution in [0.2, 0.25) is 0 Å². The Kier molecular flexibility index (Phi) is 9.30. The molecule has 0 aliphatic carbocycles. The second-order valence-electron chi connectivity index (χ2n) is 10.8. The monoisotopic (exact) mass is 630 g/mol. The van der Waals surface area contributed by atoms with E-state index < -0.39 is 31.5 Å². The van der Waals surface area contributed by atoms with Crippen molar-refractivity contribution >= 4 is 19.9 Å². The van der Waals surface area contributed by atoms with Crippen LogP contribution >= 0.6 is 0 Å². The zero-order chi connectivity index (χ0) is 30.6. The average molecular weight is 631 g/mol. The molecule has 4 aromatic rings. The lowest BCUT2D eigenvalue weighted by Crippen LogP contribution is -2.39. The van der Waals surface area contributed by atoms with Crippen molar-refractivity contribution in [1.29, 1.82) is 0 Å². The number of aromatic amines is 1.